The fourth-order valence-corrected chi connectivity index (χ4v) is 5.03. The zero-order chi connectivity index (χ0) is 24.7. The Hall–Kier alpha value is -3.03. The van der Waals surface area contributed by atoms with Gasteiger partial charge in [0.1, 0.15) is 12.6 Å². The monoisotopic (exact) mass is 477 g/mol. The summed E-state index contributed by atoms with van der Waals surface area (Å²) in [6.45, 7) is 5.19. The number of likely N-dealkylation sites (tertiary alicyclic amines) is 1. The van der Waals surface area contributed by atoms with E-state index in [0.29, 0.717) is 25.1 Å². The zero-order valence-electron chi connectivity index (χ0n) is 20.4. The Bertz CT molecular complexity index is 1010. The summed E-state index contributed by atoms with van der Waals surface area (Å²) in [5.41, 5.74) is 1.12. The molecule has 2 heterocycles. The van der Waals surface area contributed by atoms with Crippen LogP contribution in [0.15, 0.2) is 60.7 Å². The predicted octanol–water partition coefficient (Wildman–Crippen LogP) is 2.70. The first-order valence-corrected chi connectivity index (χ1v) is 12.5. The van der Waals surface area contributed by atoms with Crippen LogP contribution < -0.4 is 10.6 Å². The van der Waals surface area contributed by atoms with Gasteiger partial charge in [0.2, 0.25) is 5.91 Å². The van der Waals surface area contributed by atoms with E-state index < -0.39 is 11.5 Å². The van der Waals surface area contributed by atoms with Crippen molar-refractivity contribution >= 4 is 17.6 Å². The third kappa shape index (κ3) is 6.55. The normalized spacial score (nSPS) is 22.0. The lowest BCUT2D eigenvalue weighted by atomic mass is 9.76. The molecular weight excluding hydrogens is 442 g/mol. The van der Waals surface area contributed by atoms with Crippen molar-refractivity contribution in [1.29, 1.82) is 0 Å². The maximum Gasteiger partial charge on any atom is 0.251 e. The van der Waals surface area contributed by atoms with Crippen LogP contribution in [-0.4, -0.2) is 67.4 Å². The maximum atomic E-state index is 13.2. The van der Waals surface area contributed by atoms with Crippen LogP contribution in [0.3, 0.4) is 0 Å². The van der Waals surface area contributed by atoms with E-state index in [-0.39, 0.29) is 36.7 Å². The molecule has 0 bridgehead atoms. The second-order valence-electron chi connectivity index (χ2n) is 9.84. The molecule has 0 spiro atoms. The van der Waals surface area contributed by atoms with Crippen molar-refractivity contribution in [3.63, 3.8) is 0 Å². The van der Waals surface area contributed by atoms with Crippen molar-refractivity contribution in [2.24, 2.45) is 0 Å². The van der Waals surface area contributed by atoms with Gasteiger partial charge in [-0.25, -0.2) is 0 Å². The lowest BCUT2D eigenvalue weighted by molar-refractivity contribution is -0.127. The van der Waals surface area contributed by atoms with Gasteiger partial charge >= 0.3 is 0 Å². The van der Waals surface area contributed by atoms with Crippen LogP contribution in [0.5, 0.6) is 0 Å². The highest BCUT2D eigenvalue weighted by Crippen LogP contribution is 2.31. The Morgan fingerprint density at radius 3 is 2.37 bits per heavy atom. The molecule has 2 aromatic rings. The number of carbonyl (C=O) groups excluding carboxylic acids is 3. The highest BCUT2D eigenvalue weighted by molar-refractivity contribution is 5.94. The number of hydrogen-bond acceptors (Lipinski definition) is 5. The summed E-state index contributed by atoms with van der Waals surface area (Å²) in [5, 5.41) is 5.95. The first-order chi connectivity index (χ1) is 16.9. The van der Waals surface area contributed by atoms with E-state index in [1.807, 2.05) is 55.5 Å². The second-order valence-corrected chi connectivity index (χ2v) is 9.84. The Kier molecular flexibility index (Phi) is 8.31. The van der Waals surface area contributed by atoms with Gasteiger partial charge < -0.3 is 20.3 Å². The largest absolute Gasteiger partial charge is 0.366 e. The average molecular weight is 478 g/mol. The number of benzene rings is 2. The molecule has 3 atom stereocenters. The summed E-state index contributed by atoms with van der Waals surface area (Å²) in [6.07, 6.45) is 2.80. The van der Waals surface area contributed by atoms with Gasteiger partial charge in [-0.3, -0.25) is 14.4 Å². The number of rotatable bonds is 10. The standard InChI is InChI=1S/C28H35N3O4/c1-28(22-12-6-3-7-13-22,14-15-29-27(34)21-10-4-2-5-11-21)18-25(33)30-26-23(32)20-35-24(26)19-31-16-8-9-17-31/h2-7,10-13,24,26H,8-9,14-20H2,1H3,(H,29,34)(H,30,33). The van der Waals surface area contributed by atoms with Crippen LogP contribution in [0, 0.1) is 0 Å². The van der Waals surface area contributed by atoms with Gasteiger partial charge in [0.05, 0.1) is 6.10 Å². The minimum Gasteiger partial charge on any atom is -0.366 e. The van der Waals surface area contributed by atoms with Crippen LogP contribution in [0.2, 0.25) is 0 Å². The van der Waals surface area contributed by atoms with Gasteiger partial charge in [-0.05, 0) is 50.0 Å². The summed E-state index contributed by atoms with van der Waals surface area (Å²) in [6, 6.07) is 18.3. The van der Waals surface area contributed by atoms with Crippen molar-refractivity contribution in [3.05, 3.63) is 71.8 Å². The molecule has 35 heavy (non-hydrogen) atoms. The van der Waals surface area contributed by atoms with E-state index in [1.54, 1.807) is 12.1 Å². The van der Waals surface area contributed by atoms with E-state index >= 15 is 0 Å². The molecule has 0 saturated carbocycles. The van der Waals surface area contributed by atoms with Crippen LogP contribution >= 0.6 is 0 Å². The molecule has 2 amide bonds. The second kappa shape index (κ2) is 11.6. The van der Waals surface area contributed by atoms with Crippen molar-refractivity contribution in [2.75, 3.05) is 32.8 Å². The summed E-state index contributed by atoms with van der Waals surface area (Å²) in [5.74, 6) is -0.385. The number of nitrogens with one attached hydrogen (secondary N) is 2. The number of carbonyl (C=O) groups is 3. The number of hydrogen-bond donors (Lipinski definition) is 2. The SMILES string of the molecule is CC(CCNC(=O)c1ccccc1)(CC(=O)NC1C(=O)COC1CN1CCCC1)c1ccccc1. The third-order valence-corrected chi connectivity index (χ3v) is 7.13. The summed E-state index contributed by atoms with van der Waals surface area (Å²) in [4.78, 5) is 40.5. The molecule has 4 rings (SSSR count). The number of nitrogens with zero attached hydrogens (tertiary/aromatic N) is 1. The van der Waals surface area contributed by atoms with Crippen LogP contribution in [0.25, 0.3) is 0 Å². The van der Waals surface area contributed by atoms with Crippen molar-refractivity contribution in [1.82, 2.24) is 15.5 Å². The smallest absolute Gasteiger partial charge is 0.251 e. The topological polar surface area (TPSA) is 87.7 Å². The number of ketones is 1. The van der Waals surface area contributed by atoms with Gasteiger partial charge in [0, 0.05) is 30.5 Å². The summed E-state index contributed by atoms with van der Waals surface area (Å²) in [7, 11) is 0. The maximum absolute atomic E-state index is 13.2. The fraction of sp³-hybridized carbons (Fsp3) is 0.464. The number of amides is 2. The van der Waals surface area contributed by atoms with Crippen LogP contribution in [0.4, 0.5) is 0 Å². The quantitative estimate of drug-likeness (QED) is 0.550. The zero-order valence-corrected chi connectivity index (χ0v) is 20.4. The Balaban J connectivity index is 1.39. The van der Waals surface area contributed by atoms with Crippen LogP contribution in [-0.2, 0) is 19.7 Å². The molecule has 2 aliphatic heterocycles. The van der Waals surface area contributed by atoms with E-state index in [1.165, 1.54) is 0 Å². The Labute approximate surface area is 207 Å². The van der Waals surface area contributed by atoms with Crippen molar-refractivity contribution < 1.29 is 19.1 Å². The molecule has 7 heteroatoms. The minimum absolute atomic E-state index is 0.0466. The summed E-state index contributed by atoms with van der Waals surface area (Å²) >= 11 is 0. The number of Topliss-reactive ketones (excluding diaryl/α,β-unsaturated/α-hetero) is 1. The fourth-order valence-electron chi connectivity index (χ4n) is 5.03. The number of ether oxygens (including phenoxy) is 1. The average Bonchev–Trinajstić information content (AvgIpc) is 3.51. The first-order valence-electron chi connectivity index (χ1n) is 12.5. The molecule has 3 unspecified atom stereocenters. The molecule has 0 radical (unpaired) electrons. The van der Waals surface area contributed by atoms with Gasteiger partial charge in [-0.15, -0.1) is 0 Å². The molecule has 2 N–H and O–H groups in total. The molecule has 7 nitrogen and oxygen atoms in total. The van der Waals surface area contributed by atoms with Crippen molar-refractivity contribution in [3.8, 4) is 0 Å². The van der Waals surface area contributed by atoms with Crippen molar-refractivity contribution in [2.45, 2.75) is 50.2 Å². The lowest BCUT2D eigenvalue weighted by Gasteiger charge is -2.31. The van der Waals surface area contributed by atoms with Gasteiger partial charge in [-0.1, -0.05) is 55.5 Å². The van der Waals surface area contributed by atoms with E-state index in [0.717, 1.165) is 31.5 Å². The Morgan fingerprint density at radius 1 is 1.03 bits per heavy atom. The van der Waals surface area contributed by atoms with Gasteiger partial charge in [0.15, 0.2) is 5.78 Å². The molecule has 2 saturated heterocycles. The molecule has 2 aliphatic rings. The molecular formula is C28H35N3O4. The highest BCUT2D eigenvalue weighted by atomic mass is 16.5. The van der Waals surface area contributed by atoms with E-state index in [9.17, 15) is 14.4 Å². The summed E-state index contributed by atoms with van der Waals surface area (Å²) < 4.78 is 5.74. The first kappa shape index (κ1) is 25.1. The van der Waals surface area contributed by atoms with E-state index in [2.05, 4.69) is 15.5 Å². The molecule has 0 aliphatic carbocycles. The minimum atomic E-state index is -0.610. The molecule has 186 valence electrons. The Morgan fingerprint density at radius 2 is 1.69 bits per heavy atom. The van der Waals surface area contributed by atoms with E-state index in [4.69, 9.17) is 4.74 Å². The van der Waals surface area contributed by atoms with Crippen LogP contribution in [0.1, 0.15) is 48.5 Å². The molecule has 0 aromatic heterocycles. The predicted molar refractivity (Wildman–Crippen MR) is 134 cm³/mol. The van der Waals surface area contributed by atoms with Gasteiger partial charge in [0.25, 0.3) is 5.91 Å². The molecule has 2 fully saturated rings. The third-order valence-electron chi connectivity index (χ3n) is 7.13. The molecule has 2 aromatic carbocycles. The highest BCUT2D eigenvalue weighted by Gasteiger charge is 2.39. The van der Waals surface area contributed by atoms with Gasteiger partial charge in [-0.2, -0.15) is 0 Å². The lowest BCUT2D eigenvalue weighted by Crippen LogP contribution is -2.49.